The van der Waals surface area contributed by atoms with Crippen LogP contribution in [-0.4, -0.2) is 60.6 Å². The molecule has 0 unspecified atom stereocenters. The number of nitrogens with zero attached hydrogens (tertiary/aromatic N) is 2. The van der Waals surface area contributed by atoms with Gasteiger partial charge < -0.3 is 19.9 Å². The fourth-order valence-corrected chi connectivity index (χ4v) is 5.15. The highest BCUT2D eigenvalue weighted by molar-refractivity contribution is 6.11. The second kappa shape index (κ2) is 6.48. The highest BCUT2D eigenvalue weighted by Crippen LogP contribution is 2.40. The summed E-state index contributed by atoms with van der Waals surface area (Å²) in [4.78, 5) is 28.8. The highest BCUT2D eigenvalue weighted by Gasteiger charge is 2.53. The van der Waals surface area contributed by atoms with Crippen LogP contribution in [0.25, 0.3) is 21.9 Å². The zero-order valence-electron chi connectivity index (χ0n) is 17.4. The summed E-state index contributed by atoms with van der Waals surface area (Å²) in [6, 6.07) is 18.2. The number of fused-ring (bicyclic) bond motifs is 2. The molecule has 0 aromatic heterocycles. The van der Waals surface area contributed by atoms with Gasteiger partial charge in [-0.2, -0.15) is 0 Å². The molecule has 3 aliphatic rings. The molecule has 3 aliphatic heterocycles. The normalized spacial score (nSPS) is 18.7. The zero-order chi connectivity index (χ0) is 21.2. The largest absolute Gasteiger partial charge is 0.492 e. The van der Waals surface area contributed by atoms with E-state index in [1.165, 1.54) is 5.56 Å². The van der Waals surface area contributed by atoms with E-state index < -0.39 is 0 Å². The van der Waals surface area contributed by atoms with Crippen molar-refractivity contribution in [2.24, 2.45) is 0 Å². The lowest BCUT2D eigenvalue weighted by Crippen LogP contribution is -2.70. The zero-order valence-corrected chi connectivity index (χ0v) is 17.4. The number of likely N-dealkylation sites (tertiary alicyclic amines) is 1. The van der Waals surface area contributed by atoms with E-state index in [-0.39, 0.29) is 17.5 Å². The van der Waals surface area contributed by atoms with Gasteiger partial charge in [-0.25, -0.2) is 4.79 Å². The Morgan fingerprint density at radius 2 is 1.74 bits per heavy atom. The first-order chi connectivity index (χ1) is 15.1. The average molecular weight is 413 g/mol. The molecule has 6 rings (SSSR count). The number of hydrogen-bond acceptors (Lipinski definition) is 3. The number of para-hydroxylation sites is 1. The number of benzene rings is 3. The van der Waals surface area contributed by atoms with E-state index in [9.17, 15) is 9.59 Å². The van der Waals surface area contributed by atoms with Crippen LogP contribution in [0.15, 0.2) is 54.6 Å². The summed E-state index contributed by atoms with van der Waals surface area (Å²) < 4.78 is 5.93. The molecule has 3 heterocycles. The maximum Gasteiger partial charge on any atom is 0.317 e. The lowest BCUT2D eigenvalue weighted by atomic mass is 9.88. The summed E-state index contributed by atoms with van der Waals surface area (Å²) >= 11 is 0. The SMILES string of the molecule is CN1C(=O)NCC12CN(C(=O)c1cccc3c(-c4cccc5c4OCC5)cccc13)C2. The van der Waals surface area contributed by atoms with Gasteiger partial charge in [-0.15, -0.1) is 0 Å². The first-order valence-electron chi connectivity index (χ1n) is 10.7. The minimum atomic E-state index is -0.273. The van der Waals surface area contributed by atoms with Crippen molar-refractivity contribution in [3.63, 3.8) is 0 Å². The summed E-state index contributed by atoms with van der Waals surface area (Å²) in [5, 5.41) is 4.86. The van der Waals surface area contributed by atoms with Crippen molar-refractivity contribution in [1.82, 2.24) is 15.1 Å². The van der Waals surface area contributed by atoms with Gasteiger partial charge in [0, 0.05) is 44.2 Å². The Morgan fingerprint density at radius 3 is 2.55 bits per heavy atom. The van der Waals surface area contributed by atoms with Crippen LogP contribution in [-0.2, 0) is 6.42 Å². The van der Waals surface area contributed by atoms with E-state index in [2.05, 4.69) is 35.6 Å². The molecule has 0 aliphatic carbocycles. The molecular formula is C25H23N3O3. The Morgan fingerprint density at radius 1 is 1.00 bits per heavy atom. The monoisotopic (exact) mass is 413 g/mol. The van der Waals surface area contributed by atoms with Gasteiger partial charge in [0.25, 0.3) is 5.91 Å². The minimum absolute atomic E-state index is 0.00987. The van der Waals surface area contributed by atoms with Crippen molar-refractivity contribution >= 4 is 22.7 Å². The lowest BCUT2D eigenvalue weighted by molar-refractivity contribution is 0.00792. The van der Waals surface area contributed by atoms with Gasteiger partial charge in [-0.3, -0.25) is 4.79 Å². The summed E-state index contributed by atoms with van der Waals surface area (Å²) in [7, 11) is 1.80. The third kappa shape index (κ3) is 2.57. The molecule has 156 valence electrons. The molecule has 3 aromatic carbocycles. The third-order valence-corrected chi connectivity index (χ3v) is 7.00. The fraction of sp³-hybridized carbons (Fsp3) is 0.280. The van der Waals surface area contributed by atoms with Crippen LogP contribution in [0.1, 0.15) is 15.9 Å². The number of rotatable bonds is 2. The molecule has 31 heavy (non-hydrogen) atoms. The van der Waals surface area contributed by atoms with Crippen molar-refractivity contribution < 1.29 is 14.3 Å². The quantitative estimate of drug-likeness (QED) is 0.701. The summed E-state index contributed by atoms with van der Waals surface area (Å²) in [5.74, 6) is 0.966. The molecule has 6 nitrogen and oxygen atoms in total. The van der Waals surface area contributed by atoms with E-state index in [1.807, 2.05) is 29.2 Å². The number of ether oxygens (including phenoxy) is 1. The molecule has 0 bridgehead atoms. The summed E-state index contributed by atoms with van der Waals surface area (Å²) in [5.41, 5.74) is 3.81. The van der Waals surface area contributed by atoms with Crippen molar-refractivity contribution in [2.75, 3.05) is 33.3 Å². The summed E-state index contributed by atoms with van der Waals surface area (Å²) in [6.07, 6.45) is 0.931. The van der Waals surface area contributed by atoms with Gasteiger partial charge in [-0.05, 0) is 28.0 Å². The number of hydrogen-bond donors (Lipinski definition) is 1. The van der Waals surface area contributed by atoms with Crippen LogP contribution in [0, 0.1) is 0 Å². The maximum absolute atomic E-state index is 13.4. The van der Waals surface area contributed by atoms with E-state index in [1.54, 1.807) is 11.9 Å². The van der Waals surface area contributed by atoms with Crippen molar-refractivity contribution in [3.8, 4) is 16.9 Å². The van der Waals surface area contributed by atoms with E-state index >= 15 is 0 Å². The van der Waals surface area contributed by atoms with E-state index in [0.717, 1.165) is 34.1 Å². The van der Waals surface area contributed by atoms with Crippen LogP contribution in [0.2, 0.25) is 0 Å². The lowest BCUT2D eigenvalue weighted by Gasteiger charge is -2.50. The number of likely N-dealkylation sites (N-methyl/N-ethyl adjacent to an activating group) is 1. The standard InChI is InChI=1S/C25H23N3O3/c1-27-24(30)26-13-25(27)14-28(15-25)23(29)21-10-4-6-17-18(7-3-8-19(17)21)20-9-2-5-16-11-12-31-22(16)20/h2-10H,11-15H2,1H3,(H,26,30). The Kier molecular flexibility index (Phi) is 3.81. The Hall–Kier alpha value is -3.54. The number of amides is 3. The molecule has 3 aromatic rings. The van der Waals surface area contributed by atoms with Crippen LogP contribution in [0.5, 0.6) is 5.75 Å². The van der Waals surface area contributed by atoms with Crippen LogP contribution >= 0.6 is 0 Å². The molecule has 2 fully saturated rings. The van der Waals surface area contributed by atoms with E-state index in [0.29, 0.717) is 31.8 Å². The second-order valence-electron chi connectivity index (χ2n) is 8.70. The number of urea groups is 1. The molecule has 0 atom stereocenters. The number of carbonyl (C=O) groups is 2. The Bertz CT molecular complexity index is 1250. The van der Waals surface area contributed by atoms with Gasteiger partial charge >= 0.3 is 6.03 Å². The van der Waals surface area contributed by atoms with Gasteiger partial charge in [0.15, 0.2) is 0 Å². The minimum Gasteiger partial charge on any atom is -0.492 e. The molecule has 2 saturated heterocycles. The predicted molar refractivity (Wildman–Crippen MR) is 118 cm³/mol. The van der Waals surface area contributed by atoms with Crippen LogP contribution in [0.3, 0.4) is 0 Å². The smallest absolute Gasteiger partial charge is 0.317 e. The average Bonchev–Trinajstić information content (AvgIpc) is 3.36. The Labute approximate surface area is 180 Å². The first kappa shape index (κ1) is 18.2. The van der Waals surface area contributed by atoms with Gasteiger partial charge in [0.1, 0.15) is 5.75 Å². The molecule has 0 radical (unpaired) electrons. The topological polar surface area (TPSA) is 61.9 Å². The van der Waals surface area contributed by atoms with Crippen molar-refractivity contribution in [2.45, 2.75) is 12.0 Å². The van der Waals surface area contributed by atoms with Gasteiger partial charge in [-0.1, -0.05) is 48.5 Å². The van der Waals surface area contributed by atoms with Gasteiger partial charge in [0.2, 0.25) is 0 Å². The number of carbonyl (C=O) groups excluding carboxylic acids is 2. The summed E-state index contributed by atoms with van der Waals surface area (Å²) in [6.45, 7) is 2.41. The third-order valence-electron chi connectivity index (χ3n) is 7.00. The molecule has 1 spiro atoms. The van der Waals surface area contributed by atoms with Crippen LogP contribution < -0.4 is 10.1 Å². The molecule has 3 amide bonds. The predicted octanol–water partition coefficient (Wildman–Crippen LogP) is 3.29. The molecule has 6 heteroatoms. The van der Waals surface area contributed by atoms with E-state index in [4.69, 9.17) is 4.74 Å². The Balaban J connectivity index is 1.37. The maximum atomic E-state index is 13.4. The fourth-order valence-electron chi connectivity index (χ4n) is 5.15. The second-order valence-corrected chi connectivity index (χ2v) is 8.70. The van der Waals surface area contributed by atoms with Crippen LogP contribution in [0.4, 0.5) is 4.79 Å². The molecular weight excluding hydrogens is 390 g/mol. The van der Waals surface area contributed by atoms with Gasteiger partial charge in [0.05, 0.1) is 12.1 Å². The first-order valence-corrected chi connectivity index (χ1v) is 10.7. The molecule has 0 saturated carbocycles. The highest BCUT2D eigenvalue weighted by atomic mass is 16.5. The number of nitrogens with one attached hydrogen (secondary N) is 1. The van der Waals surface area contributed by atoms with Crippen molar-refractivity contribution in [1.29, 1.82) is 0 Å². The molecule has 1 N–H and O–H groups in total. The van der Waals surface area contributed by atoms with Crippen molar-refractivity contribution in [3.05, 3.63) is 65.7 Å².